The van der Waals surface area contributed by atoms with Crippen LogP contribution in [0.4, 0.5) is 15.3 Å². The van der Waals surface area contributed by atoms with Crippen LogP contribution in [0.5, 0.6) is 10.9 Å². The molecule has 4 rings (SSSR count). The molecule has 1 unspecified atom stereocenters. The number of aromatic nitrogens is 1. The van der Waals surface area contributed by atoms with Crippen molar-refractivity contribution >= 4 is 46.6 Å². The fraction of sp³-hybridized carbons (Fsp3) is 0.182. The molecule has 0 saturated carbocycles. The van der Waals surface area contributed by atoms with E-state index in [2.05, 4.69) is 15.5 Å². The molecule has 5 amide bonds. The van der Waals surface area contributed by atoms with Crippen molar-refractivity contribution in [1.29, 1.82) is 5.53 Å². The molecule has 15 heteroatoms. The molecule has 192 valence electrons. The van der Waals surface area contributed by atoms with Crippen LogP contribution in [-0.4, -0.2) is 50.6 Å². The van der Waals surface area contributed by atoms with Gasteiger partial charge in [0.15, 0.2) is 0 Å². The average Bonchev–Trinajstić information content (AvgIpc) is 3.36. The molecule has 5 N–H and O–H groups in total. The summed E-state index contributed by atoms with van der Waals surface area (Å²) in [5.41, 5.74) is 10.1. The van der Waals surface area contributed by atoms with E-state index >= 15 is 0 Å². The lowest BCUT2D eigenvalue weighted by Gasteiger charge is -2.45. The first kappa shape index (κ1) is 25.8. The lowest BCUT2D eigenvalue weighted by molar-refractivity contribution is 0.0390. The van der Waals surface area contributed by atoms with Crippen LogP contribution in [0.2, 0.25) is 5.02 Å². The van der Waals surface area contributed by atoms with E-state index in [1.807, 2.05) is 5.43 Å². The quantitative estimate of drug-likeness (QED) is 0.135. The van der Waals surface area contributed by atoms with Crippen LogP contribution in [-0.2, 0) is 6.54 Å². The van der Waals surface area contributed by atoms with Gasteiger partial charge in [0.25, 0.3) is 11.1 Å². The van der Waals surface area contributed by atoms with Gasteiger partial charge in [-0.15, -0.1) is 0 Å². The van der Waals surface area contributed by atoms with Gasteiger partial charge in [0.05, 0.1) is 12.7 Å². The van der Waals surface area contributed by atoms with Crippen LogP contribution in [0, 0.1) is 5.53 Å². The van der Waals surface area contributed by atoms with Gasteiger partial charge in [-0.2, -0.15) is 5.53 Å². The highest BCUT2D eigenvalue weighted by Gasteiger charge is 2.42. The smallest absolute Gasteiger partial charge is 0.345 e. The molecular weight excluding hydrogens is 522 g/mol. The molecule has 37 heavy (non-hydrogen) atoms. The molecule has 2 heterocycles. The van der Waals surface area contributed by atoms with Crippen molar-refractivity contribution in [2.75, 3.05) is 11.9 Å². The van der Waals surface area contributed by atoms with E-state index in [4.69, 9.17) is 27.7 Å². The van der Waals surface area contributed by atoms with Gasteiger partial charge in [-0.3, -0.25) is 9.69 Å². The number of ether oxygens (including phenoxy) is 1. The van der Waals surface area contributed by atoms with Crippen LogP contribution < -0.4 is 21.3 Å². The first-order chi connectivity index (χ1) is 17.8. The van der Waals surface area contributed by atoms with Crippen molar-refractivity contribution in [3.05, 3.63) is 70.2 Å². The van der Waals surface area contributed by atoms with Crippen molar-refractivity contribution in [2.45, 2.75) is 19.8 Å². The first-order valence-electron chi connectivity index (χ1n) is 10.9. The van der Waals surface area contributed by atoms with Crippen molar-refractivity contribution in [3.63, 3.8) is 0 Å². The third kappa shape index (κ3) is 5.77. The summed E-state index contributed by atoms with van der Waals surface area (Å²) in [7, 11) is 0. The summed E-state index contributed by atoms with van der Waals surface area (Å²) in [6.45, 7) is 2.04. The number of halogens is 1. The molecule has 1 saturated heterocycles. The second kappa shape index (κ2) is 11.2. The van der Waals surface area contributed by atoms with Gasteiger partial charge in [0.2, 0.25) is 6.29 Å². The van der Waals surface area contributed by atoms with Crippen LogP contribution in [0.1, 0.15) is 22.2 Å². The lowest BCUT2D eigenvalue weighted by Crippen LogP contribution is -2.70. The second-order valence-electron chi connectivity index (χ2n) is 7.66. The molecule has 13 nitrogen and oxygen atoms in total. The number of thiazole rings is 1. The third-order valence-corrected chi connectivity index (χ3v) is 6.42. The standard InChI is InChI=1S/C22H22ClN9O4S/c1-2-30-21(34)31(12-13-3-5-14(23)6-4-13)19(32(25)22(30)35)27-15-7-9-16(10-8-15)36-20-26-11-17(37-20)18(33)28-29-24/h3-11,19,27H,2,12,25H2,1H3,(H2,24,28,33). The maximum absolute atomic E-state index is 13.1. The highest BCUT2D eigenvalue weighted by atomic mass is 35.5. The van der Waals surface area contributed by atoms with Gasteiger partial charge < -0.3 is 10.1 Å². The van der Waals surface area contributed by atoms with E-state index in [0.717, 1.165) is 26.8 Å². The van der Waals surface area contributed by atoms with E-state index in [0.29, 0.717) is 16.5 Å². The number of hydrogen-bond donors (Lipinski definition) is 4. The predicted octanol–water partition coefficient (Wildman–Crippen LogP) is 4.21. The van der Waals surface area contributed by atoms with Gasteiger partial charge in [-0.25, -0.2) is 35.8 Å². The highest BCUT2D eigenvalue weighted by molar-refractivity contribution is 7.15. The van der Waals surface area contributed by atoms with E-state index in [1.165, 1.54) is 11.1 Å². The molecule has 1 aromatic heterocycles. The molecule has 3 aromatic rings. The number of nitrogens with two attached hydrogens (primary N) is 1. The Morgan fingerprint density at radius 3 is 2.54 bits per heavy atom. The van der Waals surface area contributed by atoms with Crippen LogP contribution in [0.15, 0.2) is 60.0 Å². The van der Waals surface area contributed by atoms with Gasteiger partial charge >= 0.3 is 12.1 Å². The van der Waals surface area contributed by atoms with Crippen LogP contribution in [0.3, 0.4) is 0 Å². The number of urea groups is 2. The molecule has 0 aliphatic carbocycles. The minimum absolute atomic E-state index is 0.166. The van der Waals surface area contributed by atoms with Crippen molar-refractivity contribution in [2.24, 2.45) is 11.1 Å². The Hall–Kier alpha value is -4.27. The molecule has 1 fully saturated rings. The number of hydrogen-bond acceptors (Lipinski definition) is 10. The van der Waals surface area contributed by atoms with E-state index < -0.39 is 24.3 Å². The monoisotopic (exact) mass is 543 g/mol. The van der Waals surface area contributed by atoms with Crippen LogP contribution >= 0.6 is 22.9 Å². The molecule has 0 bridgehead atoms. The number of nitrogens with one attached hydrogen (secondary N) is 3. The summed E-state index contributed by atoms with van der Waals surface area (Å²) in [5, 5.41) is 7.72. The summed E-state index contributed by atoms with van der Waals surface area (Å²) in [6, 6.07) is 12.6. The van der Waals surface area contributed by atoms with Crippen molar-refractivity contribution in [1.82, 2.24) is 25.2 Å². The number of carbonyl (C=O) groups is 3. The zero-order valence-corrected chi connectivity index (χ0v) is 21.0. The van der Waals surface area contributed by atoms with Gasteiger partial charge in [0.1, 0.15) is 10.6 Å². The Labute approximate surface area is 220 Å². The van der Waals surface area contributed by atoms with E-state index in [-0.39, 0.29) is 23.2 Å². The minimum atomic E-state index is -0.965. The molecule has 0 spiro atoms. The Morgan fingerprint density at radius 2 is 1.89 bits per heavy atom. The number of hydrazine groups is 1. The third-order valence-electron chi connectivity index (χ3n) is 5.29. The summed E-state index contributed by atoms with van der Waals surface area (Å²) in [4.78, 5) is 44.3. The minimum Gasteiger partial charge on any atom is -0.431 e. The van der Waals surface area contributed by atoms with Crippen LogP contribution in [0.25, 0.3) is 0 Å². The summed E-state index contributed by atoms with van der Waals surface area (Å²) >= 11 is 6.97. The molecular formula is C22H22ClN9O4S. The van der Waals surface area contributed by atoms with E-state index in [1.54, 1.807) is 55.5 Å². The molecule has 2 aromatic carbocycles. The molecule has 0 radical (unpaired) electrons. The summed E-state index contributed by atoms with van der Waals surface area (Å²) < 4.78 is 5.68. The number of benzene rings is 2. The fourth-order valence-corrected chi connectivity index (χ4v) is 4.28. The van der Waals surface area contributed by atoms with Gasteiger partial charge in [-0.05, 0) is 48.9 Å². The Morgan fingerprint density at radius 1 is 1.19 bits per heavy atom. The first-order valence-corrected chi connectivity index (χ1v) is 12.1. The maximum Gasteiger partial charge on any atom is 0.345 e. The fourth-order valence-electron chi connectivity index (χ4n) is 3.48. The largest absolute Gasteiger partial charge is 0.431 e. The average molecular weight is 544 g/mol. The lowest BCUT2D eigenvalue weighted by atomic mass is 10.2. The zero-order valence-electron chi connectivity index (χ0n) is 19.4. The topological polar surface area (TPSA) is 169 Å². The molecule has 1 atom stereocenters. The maximum atomic E-state index is 13.1. The number of nitrogens with zero attached hydrogens (tertiary/aromatic N) is 5. The Kier molecular flexibility index (Phi) is 7.81. The predicted molar refractivity (Wildman–Crippen MR) is 135 cm³/mol. The highest BCUT2D eigenvalue weighted by Crippen LogP contribution is 2.28. The van der Waals surface area contributed by atoms with Gasteiger partial charge in [0, 0.05) is 17.3 Å². The summed E-state index contributed by atoms with van der Waals surface area (Å²) in [5.74, 6) is 6.01. The Bertz CT molecular complexity index is 1300. The molecule has 1 aliphatic heterocycles. The normalized spacial score (nSPS) is 15.5. The van der Waals surface area contributed by atoms with Crippen molar-refractivity contribution < 1.29 is 19.1 Å². The number of anilines is 1. The van der Waals surface area contributed by atoms with E-state index in [9.17, 15) is 14.4 Å². The second-order valence-corrected chi connectivity index (χ2v) is 9.09. The molecule has 1 aliphatic rings. The number of imide groups is 1. The number of carbonyl (C=O) groups excluding carboxylic acids is 3. The summed E-state index contributed by atoms with van der Waals surface area (Å²) in [6.07, 6.45) is 0.353. The number of amides is 5. The number of rotatable bonds is 9. The van der Waals surface area contributed by atoms with Gasteiger partial charge in [-0.1, -0.05) is 40.3 Å². The SMILES string of the molecule is CCN1C(=O)N(N)C(Nc2ccc(Oc3ncc(C(=O)NN=N)s3)cc2)N(Cc2ccc(Cl)cc2)C1=O. The Balaban J connectivity index is 1.50. The zero-order chi connectivity index (χ0) is 26.5. The van der Waals surface area contributed by atoms with Crippen molar-refractivity contribution in [3.8, 4) is 10.9 Å².